The molecule has 20 N–H and O–H groups in total. The van der Waals surface area contributed by atoms with Gasteiger partial charge in [0, 0.05) is 148 Å². The Morgan fingerprint density at radius 3 is 1.25 bits per heavy atom. The number of ketones is 5. The molecule has 15 rings (SSSR count). The maximum atomic E-state index is 12.9. The summed E-state index contributed by atoms with van der Waals surface area (Å²) >= 11 is 36.2. The second-order valence-corrected chi connectivity index (χ2v) is 39.4. The highest BCUT2D eigenvalue weighted by atomic mass is 35.5. The molecule has 0 aromatic heterocycles. The minimum absolute atomic E-state index is 0.00185. The van der Waals surface area contributed by atoms with Crippen LogP contribution in [-0.4, -0.2) is 113 Å². The summed E-state index contributed by atoms with van der Waals surface area (Å²) in [5.74, 6) is -0.549. The number of rotatable bonds is 25. The zero-order valence-electron chi connectivity index (χ0n) is 85.8. The molecule has 0 heterocycles. The molecule has 5 aliphatic rings. The first-order valence-electron chi connectivity index (χ1n) is 48.5. The van der Waals surface area contributed by atoms with Crippen molar-refractivity contribution in [1.82, 2.24) is 0 Å². The molecule has 31 heteroatoms. The zero-order chi connectivity index (χ0) is 109. The summed E-state index contributed by atoms with van der Waals surface area (Å²) in [5.41, 5.74) is 69.9. The number of nitrogen functional groups attached to an aromatic ring is 4. The van der Waals surface area contributed by atoms with Crippen LogP contribution in [0.15, 0.2) is 298 Å². The molecule has 25 nitrogen and oxygen atoms in total. The van der Waals surface area contributed by atoms with Crippen molar-refractivity contribution >= 4 is 190 Å². The summed E-state index contributed by atoms with van der Waals surface area (Å²) in [6, 6.07) is 47.5. The third-order valence-electron chi connectivity index (χ3n) is 26.1. The second-order valence-electron chi connectivity index (χ2n) is 36.9. The van der Waals surface area contributed by atoms with E-state index in [4.69, 9.17) is 120 Å². The van der Waals surface area contributed by atoms with Crippen molar-refractivity contribution in [2.45, 2.75) is 174 Å². The standard InChI is InChI=1S/C30H40N4O.C24H28N4O.2C22H20Cl2N2O3.C20H16Cl2N2O3/c1-8-33(20(3)4)25-14-10-23(11-15-25)18-27-22(7)30(28(31)19-29(27)35)32-24-12-16-26(17-13-24)34(9-2)21(5)6;1-12-13(2)19(25)7-6-17(12)10-18-16(5)24(21(27)11-23(18)29)28-22-9-8-20(26)14(3)15(22)4;1-2-3-15-21(25)18(26-14-5-7-20(28)17(24)11-14)10-13(22(15)29)8-12-4-6-19(27)16(23)9-12;1-2-3-16-21(25)20(26-19-7-6-15(28)11-18(19)24)9-13(22(16)29)8-12-4-5-14(27)10-17(12)23;1-10-13(6-11-2-4-17(25)14(21)7-11)19(27)9-16(23)20(10)24-12-3-5-18(26)15(22)8-12/h10-17,19-21H,8-9,18,31H2,1-7H3;6-9,11H,10,25-27H2,1-5H3;2*4-7,9-11,27,29H,2-3,8,25H2,1H3;2-5,7-9,25-26H,6,23H2,1H3. The zero-order valence-corrected chi connectivity index (χ0v) is 90.3. The predicted molar refractivity (Wildman–Crippen MR) is 614 cm³/mol. The van der Waals surface area contributed by atoms with E-state index in [1.54, 1.807) is 61.5 Å². The maximum absolute atomic E-state index is 12.9. The number of nitrogens with two attached hydrogens (primary N) is 7. The quantitative estimate of drug-likeness (QED) is 0.0187. The molecule has 0 saturated carbocycles. The number of nitrogens with zero attached hydrogens (tertiary/aromatic N) is 7. The van der Waals surface area contributed by atoms with Crippen LogP contribution in [0.3, 0.4) is 0 Å². The third-order valence-corrected chi connectivity index (χ3v) is 27.9. The molecule has 0 aliphatic heterocycles. The SMILES string of the molecule is CC1=C(Cc2ccc(N)c(C)c2C)C(=O)C=C(N)C1=Nc1ccc(N)c(C)c1C.CC1=C(Cc2ccc(O)c(Cl)c2)C(=O)C=C(N)C1=Nc1ccc(O)c(Cl)c1.CCCc1c(N)c(N=C2C=CC(=O)C(Cl)=C2)cc(Cc2ccc(O)c(Cl)c2)c1O.CCCc1c(N)c(N=C2C=CC(=O)C=C2Cl)cc(Cc2ccc(O)cc2Cl)c1O.CCN(c1ccc(CC2=C(C)C(=Nc3ccc(N(CC)C(C)C)cc3)C(N)=CC2=O)cc1)C(C)C. The molecular weight excluding hydrogens is 2000 g/mol. The van der Waals surface area contributed by atoms with E-state index >= 15 is 0 Å². The number of phenolic OH excluding ortho intramolecular Hbond substituents is 6. The molecule has 0 bridgehead atoms. The molecular formula is C118H124Cl6N14O11. The maximum Gasteiger partial charge on any atom is 0.197 e. The minimum Gasteiger partial charge on any atom is -0.508 e. The molecule has 0 atom stereocenters. The molecule has 5 aliphatic carbocycles. The van der Waals surface area contributed by atoms with Crippen molar-refractivity contribution < 1.29 is 54.6 Å². The number of anilines is 6. The van der Waals surface area contributed by atoms with Crippen LogP contribution in [0.5, 0.6) is 34.5 Å². The van der Waals surface area contributed by atoms with Gasteiger partial charge in [-0.25, -0.2) is 25.0 Å². The lowest BCUT2D eigenvalue weighted by molar-refractivity contribution is -0.112. The van der Waals surface area contributed by atoms with Crippen LogP contribution >= 0.6 is 69.6 Å². The molecule has 774 valence electrons. The first kappa shape index (κ1) is 114. The second kappa shape index (κ2) is 51.1. The number of allylic oxidation sites excluding steroid dienone is 17. The highest BCUT2D eigenvalue weighted by molar-refractivity contribution is 6.49. The van der Waals surface area contributed by atoms with Crippen molar-refractivity contribution in [3.8, 4) is 34.5 Å². The Hall–Kier alpha value is -15.0. The Bertz CT molecular complexity index is 7460. The number of hydrogen-bond donors (Lipinski definition) is 13. The number of carbonyl (C=O) groups is 5. The van der Waals surface area contributed by atoms with E-state index in [2.05, 4.69) is 103 Å². The van der Waals surface area contributed by atoms with Gasteiger partial charge in [-0.15, -0.1) is 0 Å². The molecule has 0 fully saturated rings. The van der Waals surface area contributed by atoms with Crippen molar-refractivity contribution in [2.24, 2.45) is 42.2 Å². The average molecular weight is 2130 g/mol. The molecule has 0 saturated heterocycles. The van der Waals surface area contributed by atoms with Gasteiger partial charge in [-0.3, -0.25) is 24.0 Å². The number of benzene rings is 10. The van der Waals surface area contributed by atoms with Crippen molar-refractivity contribution in [3.63, 3.8) is 0 Å². The van der Waals surface area contributed by atoms with Crippen LogP contribution in [0.1, 0.15) is 161 Å². The summed E-state index contributed by atoms with van der Waals surface area (Å²) in [6.45, 7) is 32.6. The normalized spacial score (nSPS) is 15.4. The summed E-state index contributed by atoms with van der Waals surface area (Å²) in [5, 5.41) is 61.2. The average Bonchev–Trinajstić information content (AvgIpc) is 0.805. The molecule has 0 amide bonds. The number of phenols is 6. The van der Waals surface area contributed by atoms with E-state index in [1.165, 1.54) is 96.4 Å². The fraction of sp³-hybridized carbons (Fsp3) is 0.237. The molecule has 10 aromatic carbocycles. The number of hydrogen-bond acceptors (Lipinski definition) is 25. The number of aromatic hydroxyl groups is 6. The Morgan fingerprint density at radius 1 is 0.342 bits per heavy atom. The number of carbonyl (C=O) groups excluding carboxylic acids is 5. The van der Waals surface area contributed by atoms with Crippen molar-refractivity contribution in [2.75, 3.05) is 45.8 Å². The summed E-state index contributed by atoms with van der Waals surface area (Å²) in [7, 11) is 0. The molecule has 0 radical (unpaired) electrons. The van der Waals surface area contributed by atoms with Gasteiger partial charge in [0.2, 0.25) is 0 Å². The van der Waals surface area contributed by atoms with Crippen molar-refractivity contribution in [3.05, 3.63) is 365 Å². The largest absolute Gasteiger partial charge is 0.508 e. The van der Waals surface area contributed by atoms with Crippen LogP contribution in [0.2, 0.25) is 20.1 Å². The van der Waals surface area contributed by atoms with E-state index < -0.39 is 0 Å². The van der Waals surface area contributed by atoms with E-state index in [-0.39, 0.29) is 94.2 Å². The monoisotopic (exact) mass is 2120 g/mol. The Kier molecular flexibility index (Phi) is 39.2. The van der Waals surface area contributed by atoms with E-state index in [9.17, 15) is 54.6 Å². The van der Waals surface area contributed by atoms with Gasteiger partial charge in [0.05, 0.1) is 111 Å². The molecule has 0 spiro atoms. The number of aliphatic imine (C=N–C) groups is 5. The lowest BCUT2D eigenvalue weighted by Crippen LogP contribution is -2.30. The Balaban J connectivity index is 0.000000177. The smallest absolute Gasteiger partial charge is 0.197 e. The van der Waals surface area contributed by atoms with Gasteiger partial charge in [-0.05, 0) is 321 Å². The van der Waals surface area contributed by atoms with Crippen LogP contribution < -0.4 is 49.9 Å². The molecule has 10 aromatic rings. The highest BCUT2D eigenvalue weighted by Crippen LogP contribution is 2.44. The molecule has 0 unspecified atom stereocenters. The van der Waals surface area contributed by atoms with Gasteiger partial charge in [0.15, 0.2) is 28.9 Å². The minimum atomic E-state index is -0.277. The van der Waals surface area contributed by atoms with Crippen molar-refractivity contribution in [1.29, 1.82) is 0 Å². The van der Waals surface area contributed by atoms with Gasteiger partial charge < -0.3 is 80.6 Å². The van der Waals surface area contributed by atoms with Gasteiger partial charge in [-0.2, -0.15) is 0 Å². The van der Waals surface area contributed by atoms with Crippen LogP contribution in [-0.2, 0) is 68.9 Å². The van der Waals surface area contributed by atoms with Crippen LogP contribution in [0.25, 0.3) is 0 Å². The van der Waals surface area contributed by atoms with Crippen LogP contribution in [0.4, 0.5) is 62.6 Å². The van der Waals surface area contributed by atoms with Crippen LogP contribution in [0, 0.1) is 27.7 Å². The Morgan fingerprint density at radius 2 is 0.772 bits per heavy atom. The summed E-state index contributed by atoms with van der Waals surface area (Å²) in [6.07, 6.45) is 17.8. The third kappa shape index (κ3) is 28.5. The number of halogens is 6. The Labute approximate surface area is 899 Å². The van der Waals surface area contributed by atoms with E-state index in [0.29, 0.717) is 169 Å². The summed E-state index contributed by atoms with van der Waals surface area (Å²) in [4.78, 5) is 88.9. The first-order chi connectivity index (χ1) is 70.6. The predicted octanol–water partition coefficient (Wildman–Crippen LogP) is 25.2. The summed E-state index contributed by atoms with van der Waals surface area (Å²) < 4.78 is 0. The first-order valence-corrected chi connectivity index (χ1v) is 50.8. The van der Waals surface area contributed by atoms with Gasteiger partial charge >= 0.3 is 0 Å². The van der Waals surface area contributed by atoms with Gasteiger partial charge in [-0.1, -0.05) is 133 Å². The fourth-order valence-electron chi connectivity index (χ4n) is 17.3. The lowest BCUT2D eigenvalue weighted by atomic mass is 9.87. The molecule has 149 heavy (non-hydrogen) atoms. The topological polar surface area (TPSA) is 457 Å². The van der Waals surface area contributed by atoms with E-state index in [1.807, 2.05) is 91.8 Å². The highest BCUT2D eigenvalue weighted by Gasteiger charge is 2.30. The van der Waals surface area contributed by atoms with E-state index in [0.717, 1.165) is 115 Å². The van der Waals surface area contributed by atoms with Gasteiger partial charge in [0.25, 0.3) is 0 Å². The lowest BCUT2D eigenvalue weighted by Gasteiger charge is -2.27. The fourth-order valence-corrected chi connectivity index (χ4v) is 18.5. The van der Waals surface area contributed by atoms with Gasteiger partial charge in [0.1, 0.15) is 34.5 Å².